The molecular weight excluding hydrogens is 328 g/mol. The number of epoxide rings is 1. The average Bonchev–Trinajstić information content (AvgIpc) is 3.44. The lowest BCUT2D eigenvalue weighted by molar-refractivity contribution is -0.381. The summed E-state index contributed by atoms with van der Waals surface area (Å²) in [7, 11) is 5.11. The Balaban J connectivity index is 1.88. The van der Waals surface area contributed by atoms with E-state index in [4.69, 9.17) is 18.9 Å². The van der Waals surface area contributed by atoms with Gasteiger partial charge in [0.2, 0.25) is 0 Å². The van der Waals surface area contributed by atoms with Crippen molar-refractivity contribution >= 4 is 0 Å². The first-order valence-electron chi connectivity index (χ1n) is 10.9. The predicted molar refractivity (Wildman–Crippen MR) is 105 cm³/mol. The van der Waals surface area contributed by atoms with E-state index in [0.29, 0.717) is 18.1 Å². The van der Waals surface area contributed by atoms with Crippen molar-refractivity contribution < 1.29 is 18.9 Å². The summed E-state index contributed by atoms with van der Waals surface area (Å²) in [6, 6.07) is 0. The van der Waals surface area contributed by atoms with Crippen LogP contribution in [0.1, 0.15) is 84.5 Å². The van der Waals surface area contributed by atoms with Crippen molar-refractivity contribution in [3.63, 3.8) is 0 Å². The minimum absolute atomic E-state index is 0.265. The van der Waals surface area contributed by atoms with Crippen LogP contribution in [-0.4, -0.2) is 39.5 Å². The van der Waals surface area contributed by atoms with E-state index in [1.54, 1.807) is 21.3 Å². The Labute approximate surface area is 161 Å². The molecule has 26 heavy (non-hydrogen) atoms. The summed E-state index contributed by atoms with van der Waals surface area (Å²) in [5.41, 5.74) is 0. The Morgan fingerprint density at radius 3 is 2.19 bits per heavy atom. The van der Waals surface area contributed by atoms with Gasteiger partial charge in [-0.15, -0.1) is 0 Å². The van der Waals surface area contributed by atoms with Crippen LogP contribution in [0.4, 0.5) is 0 Å². The first kappa shape index (κ1) is 22.1. The van der Waals surface area contributed by atoms with E-state index in [-0.39, 0.29) is 5.92 Å². The minimum Gasteiger partial charge on any atom is -0.370 e. The molecule has 5 unspecified atom stereocenters. The second kappa shape index (κ2) is 11.0. The van der Waals surface area contributed by atoms with Gasteiger partial charge in [-0.25, -0.2) is 0 Å². The summed E-state index contributed by atoms with van der Waals surface area (Å²) >= 11 is 0. The zero-order valence-electron chi connectivity index (χ0n) is 17.8. The lowest BCUT2D eigenvalue weighted by atomic mass is 9.76. The Morgan fingerprint density at radius 1 is 0.923 bits per heavy atom. The summed E-state index contributed by atoms with van der Waals surface area (Å²) in [6.45, 7) is 4.66. The summed E-state index contributed by atoms with van der Waals surface area (Å²) in [6.07, 6.45) is 14.9. The molecule has 4 heteroatoms. The quantitative estimate of drug-likeness (QED) is 0.229. The monoisotopic (exact) mass is 370 g/mol. The van der Waals surface area contributed by atoms with Crippen LogP contribution in [0.25, 0.3) is 0 Å². The van der Waals surface area contributed by atoms with E-state index < -0.39 is 5.97 Å². The molecule has 1 heterocycles. The first-order valence-corrected chi connectivity index (χ1v) is 10.9. The van der Waals surface area contributed by atoms with E-state index in [0.717, 1.165) is 18.8 Å². The minimum atomic E-state index is -0.912. The molecule has 154 valence electrons. The van der Waals surface area contributed by atoms with Crippen molar-refractivity contribution in [2.45, 2.75) is 103 Å². The third kappa shape index (κ3) is 5.92. The zero-order valence-corrected chi connectivity index (χ0v) is 17.8. The molecule has 1 saturated carbocycles. The van der Waals surface area contributed by atoms with Crippen LogP contribution < -0.4 is 0 Å². The molecule has 2 aliphatic rings. The fourth-order valence-electron chi connectivity index (χ4n) is 4.95. The van der Waals surface area contributed by atoms with Crippen LogP contribution in [0.2, 0.25) is 0 Å². The zero-order chi connectivity index (χ0) is 19.0. The maximum absolute atomic E-state index is 5.74. The molecule has 0 aromatic rings. The fourth-order valence-corrected chi connectivity index (χ4v) is 4.95. The van der Waals surface area contributed by atoms with E-state index in [9.17, 15) is 0 Å². The van der Waals surface area contributed by atoms with Gasteiger partial charge in [-0.3, -0.25) is 0 Å². The third-order valence-electron chi connectivity index (χ3n) is 6.77. The van der Waals surface area contributed by atoms with Gasteiger partial charge in [0, 0.05) is 27.2 Å². The van der Waals surface area contributed by atoms with Gasteiger partial charge in [0.1, 0.15) is 0 Å². The topological polar surface area (TPSA) is 40.2 Å². The lowest BCUT2D eigenvalue weighted by Crippen LogP contribution is -2.45. The molecule has 2 rings (SSSR count). The number of hydrogen-bond donors (Lipinski definition) is 0. The molecule has 1 aliphatic carbocycles. The van der Waals surface area contributed by atoms with Gasteiger partial charge in [-0.2, -0.15) is 0 Å². The van der Waals surface area contributed by atoms with Crippen molar-refractivity contribution in [2.75, 3.05) is 21.3 Å². The van der Waals surface area contributed by atoms with Gasteiger partial charge in [0.05, 0.1) is 12.2 Å². The van der Waals surface area contributed by atoms with Crippen molar-refractivity contribution in [2.24, 2.45) is 17.8 Å². The fraction of sp³-hybridized carbons (Fsp3) is 1.00. The Kier molecular flexibility index (Phi) is 9.36. The highest BCUT2D eigenvalue weighted by Gasteiger charge is 2.46. The Morgan fingerprint density at radius 2 is 1.58 bits per heavy atom. The number of methoxy groups -OCH3 is 3. The predicted octanol–water partition coefficient (Wildman–Crippen LogP) is 5.54. The third-order valence-corrected chi connectivity index (χ3v) is 6.77. The van der Waals surface area contributed by atoms with Gasteiger partial charge in [0.15, 0.2) is 0 Å². The number of rotatable bonds is 14. The van der Waals surface area contributed by atoms with Crippen LogP contribution in [0, 0.1) is 17.8 Å². The van der Waals surface area contributed by atoms with Gasteiger partial charge < -0.3 is 18.9 Å². The van der Waals surface area contributed by atoms with Crippen molar-refractivity contribution in [1.82, 2.24) is 0 Å². The SMILES string of the molecule is CCCCCCCCC(CC(C)C1CCC2OC2C1)C(OC)(OC)OC. The molecule has 2 fully saturated rings. The number of ether oxygens (including phenoxy) is 4. The number of hydrogen-bond acceptors (Lipinski definition) is 4. The summed E-state index contributed by atoms with van der Waals surface area (Å²) < 4.78 is 23.0. The van der Waals surface area contributed by atoms with Crippen LogP contribution in [-0.2, 0) is 18.9 Å². The largest absolute Gasteiger partial charge is 0.370 e. The van der Waals surface area contributed by atoms with Crippen molar-refractivity contribution in [3.05, 3.63) is 0 Å². The molecule has 0 spiro atoms. The molecule has 0 aromatic heterocycles. The van der Waals surface area contributed by atoms with Crippen molar-refractivity contribution in [1.29, 1.82) is 0 Å². The standard InChI is InChI=1S/C22H42O4/c1-6-7-8-9-10-11-12-19(22(23-3,24-4)25-5)15-17(2)18-13-14-20-21(16-18)26-20/h17-21H,6-16H2,1-5H3. The lowest BCUT2D eigenvalue weighted by Gasteiger charge is -2.39. The van der Waals surface area contributed by atoms with Crippen LogP contribution >= 0.6 is 0 Å². The second-order valence-corrected chi connectivity index (χ2v) is 8.47. The highest BCUT2D eigenvalue weighted by Crippen LogP contribution is 2.45. The van der Waals surface area contributed by atoms with E-state index in [2.05, 4.69) is 13.8 Å². The molecule has 5 atom stereocenters. The van der Waals surface area contributed by atoms with Crippen LogP contribution in [0.15, 0.2) is 0 Å². The number of unbranched alkanes of at least 4 members (excludes halogenated alkanes) is 5. The van der Waals surface area contributed by atoms with E-state index in [1.165, 1.54) is 57.8 Å². The van der Waals surface area contributed by atoms with E-state index >= 15 is 0 Å². The summed E-state index contributed by atoms with van der Waals surface area (Å²) in [4.78, 5) is 0. The average molecular weight is 371 g/mol. The molecule has 0 amide bonds. The molecule has 4 nitrogen and oxygen atoms in total. The highest BCUT2D eigenvalue weighted by molar-refractivity contribution is 4.93. The Hall–Kier alpha value is -0.160. The first-order chi connectivity index (χ1) is 12.6. The van der Waals surface area contributed by atoms with Crippen LogP contribution in [0.5, 0.6) is 0 Å². The molecule has 0 aromatic carbocycles. The number of fused-ring (bicyclic) bond motifs is 1. The van der Waals surface area contributed by atoms with Gasteiger partial charge in [0.25, 0.3) is 5.97 Å². The highest BCUT2D eigenvalue weighted by atomic mass is 16.9. The van der Waals surface area contributed by atoms with Gasteiger partial charge in [-0.05, 0) is 43.9 Å². The molecule has 1 aliphatic heterocycles. The maximum atomic E-state index is 5.74. The molecule has 0 bridgehead atoms. The molecule has 0 N–H and O–H groups in total. The normalized spacial score (nSPS) is 27.8. The molecular formula is C22H42O4. The second-order valence-electron chi connectivity index (χ2n) is 8.47. The molecule has 1 saturated heterocycles. The van der Waals surface area contributed by atoms with E-state index in [1.807, 2.05) is 0 Å². The molecule has 0 radical (unpaired) electrons. The van der Waals surface area contributed by atoms with Crippen molar-refractivity contribution in [3.8, 4) is 0 Å². The summed E-state index contributed by atoms with van der Waals surface area (Å²) in [5, 5.41) is 0. The van der Waals surface area contributed by atoms with Crippen LogP contribution in [0.3, 0.4) is 0 Å². The van der Waals surface area contributed by atoms with Gasteiger partial charge >= 0.3 is 0 Å². The van der Waals surface area contributed by atoms with Gasteiger partial charge in [-0.1, -0.05) is 52.4 Å². The Bertz CT molecular complexity index is 374. The maximum Gasteiger partial charge on any atom is 0.285 e. The smallest absolute Gasteiger partial charge is 0.285 e. The summed E-state index contributed by atoms with van der Waals surface area (Å²) in [5.74, 6) is 0.756.